The predicted molar refractivity (Wildman–Crippen MR) is 66.1 cm³/mol. The second kappa shape index (κ2) is 6.03. The van der Waals surface area contributed by atoms with Crippen LogP contribution in [0.2, 0.25) is 0 Å². The van der Waals surface area contributed by atoms with Gasteiger partial charge in [-0.2, -0.15) is 0 Å². The summed E-state index contributed by atoms with van der Waals surface area (Å²) in [5, 5.41) is 3.76. The molecule has 0 aliphatic carbocycles. The van der Waals surface area contributed by atoms with Gasteiger partial charge in [0.25, 0.3) is 0 Å². The van der Waals surface area contributed by atoms with Crippen LogP contribution in [-0.2, 0) is 20.8 Å². The summed E-state index contributed by atoms with van der Waals surface area (Å²) in [7, 11) is 2.74. The summed E-state index contributed by atoms with van der Waals surface area (Å²) in [5.41, 5.74) is 3.07. The molecule has 0 spiro atoms. The Morgan fingerprint density at radius 3 is 2.59 bits per heavy atom. The quantitative estimate of drug-likeness (QED) is 0.456. The van der Waals surface area contributed by atoms with Gasteiger partial charge in [-0.25, -0.2) is 4.79 Å². The summed E-state index contributed by atoms with van der Waals surface area (Å²) in [5.74, 6) is -0.493. The first kappa shape index (κ1) is 13.2. The van der Waals surface area contributed by atoms with Crippen LogP contribution in [-0.4, -0.2) is 25.9 Å². The first-order chi connectivity index (χ1) is 8.13. The highest BCUT2D eigenvalue weighted by Gasteiger charge is 2.18. The Hall–Kier alpha value is -1.84. The number of methoxy groups -OCH3 is 1. The highest BCUT2D eigenvalue weighted by molar-refractivity contribution is 6.43. The number of rotatable bonds is 4. The van der Waals surface area contributed by atoms with Crippen LogP contribution < -0.4 is 0 Å². The van der Waals surface area contributed by atoms with Crippen LogP contribution in [0.3, 0.4) is 0 Å². The van der Waals surface area contributed by atoms with E-state index in [0.29, 0.717) is 0 Å². The molecule has 0 aliphatic rings. The molecule has 0 unspecified atom stereocenters. The third-order valence-electron chi connectivity index (χ3n) is 2.46. The monoisotopic (exact) mass is 235 g/mol. The summed E-state index contributed by atoms with van der Waals surface area (Å²) < 4.78 is 4.71. The van der Waals surface area contributed by atoms with Crippen molar-refractivity contribution in [3.8, 4) is 0 Å². The molecule has 1 aromatic carbocycles. The molecule has 0 saturated heterocycles. The fourth-order valence-electron chi connectivity index (χ4n) is 1.60. The molecule has 0 radical (unpaired) electrons. The minimum atomic E-state index is -0.493. The number of ether oxygens (including phenoxy) is 1. The van der Waals surface area contributed by atoms with Crippen molar-refractivity contribution in [3.05, 3.63) is 34.9 Å². The maximum absolute atomic E-state index is 11.6. The lowest BCUT2D eigenvalue weighted by molar-refractivity contribution is -0.132. The first-order valence-corrected chi connectivity index (χ1v) is 5.43. The molecular formula is C13H17NO3. The van der Waals surface area contributed by atoms with Crippen LogP contribution in [0, 0.1) is 6.92 Å². The number of carbonyl (C=O) groups excluding carboxylic acids is 1. The Labute approximate surface area is 101 Å². The normalized spacial score (nSPS) is 11.2. The molecule has 4 nitrogen and oxygen atoms in total. The zero-order valence-electron chi connectivity index (χ0n) is 10.6. The standard InChI is InChI=1S/C13H17NO3/c1-5-10-7-6-9(2)8-11(10)12(14-17-4)13(15)16-3/h6-8H,5H2,1-4H3/b14-12-. The number of aryl methyl sites for hydroxylation is 2. The molecule has 92 valence electrons. The maximum atomic E-state index is 11.6. The van der Waals surface area contributed by atoms with E-state index < -0.39 is 5.97 Å². The number of oxime groups is 1. The fraction of sp³-hybridized carbons (Fsp3) is 0.385. The van der Waals surface area contributed by atoms with Crippen molar-refractivity contribution in [3.63, 3.8) is 0 Å². The number of benzene rings is 1. The molecule has 1 aromatic rings. The molecule has 0 N–H and O–H groups in total. The van der Waals surface area contributed by atoms with Crippen molar-refractivity contribution >= 4 is 11.7 Å². The highest BCUT2D eigenvalue weighted by Crippen LogP contribution is 2.15. The van der Waals surface area contributed by atoms with Crippen molar-refractivity contribution in [1.29, 1.82) is 0 Å². The SMILES string of the molecule is CCc1ccc(C)cc1/C(=N/OC)C(=O)OC. The molecule has 0 atom stereocenters. The van der Waals surface area contributed by atoms with E-state index in [1.54, 1.807) is 0 Å². The zero-order chi connectivity index (χ0) is 12.8. The Morgan fingerprint density at radius 2 is 2.06 bits per heavy atom. The Balaban J connectivity index is 3.31. The first-order valence-electron chi connectivity index (χ1n) is 5.43. The summed E-state index contributed by atoms with van der Waals surface area (Å²) in [6.45, 7) is 3.99. The molecule has 1 rings (SSSR count). The molecule has 0 saturated carbocycles. The van der Waals surface area contributed by atoms with Gasteiger partial charge in [0.05, 0.1) is 7.11 Å². The van der Waals surface area contributed by atoms with Gasteiger partial charge in [-0.1, -0.05) is 29.8 Å². The molecule has 0 bridgehead atoms. The topological polar surface area (TPSA) is 47.9 Å². The van der Waals surface area contributed by atoms with Gasteiger partial charge in [0, 0.05) is 5.56 Å². The molecule has 0 amide bonds. The van der Waals surface area contributed by atoms with Crippen molar-refractivity contribution in [2.45, 2.75) is 20.3 Å². The third-order valence-corrected chi connectivity index (χ3v) is 2.46. The van der Waals surface area contributed by atoms with Crippen molar-refractivity contribution in [1.82, 2.24) is 0 Å². The van der Waals surface area contributed by atoms with Gasteiger partial charge in [-0.15, -0.1) is 0 Å². The van der Waals surface area contributed by atoms with Gasteiger partial charge < -0.3 is 9.57 Å². The van der Waals surface area contributed by atoms with Crippen LogP contribution in [0.1, 0.15) is 23.6 Å². The fourth-order valence-corrected chi connectivity index (χ4v) is 1.60. The van der Waals surface area contributed by atoms with Crippen LogP contribution in [0.5, 0.6) is 0 Å². The van der Waals surface area contributed by atoms with Crippen LogP contribution in [0.25, 0.3) is 0 Å². The van der Waals surface area contributed by atoms with Gasteiger partial charge in [0.1, 0.15) is 7.11 Å². The molecule has 0 fully saturated rings. The molecule has 0 aromatic heterocycles. The van der Waals surface area contributed by atoms with Crippen molar-refractivity contribution in [2.24, 2.45) is 5.16 Å². The molecule has 0 heterocycles. The van der Waals surface area contributed by atoms with E-state index in [9.17, 15) is 4.79 Å². The smallest absolute Gasteiger partial charge is 0.360 e. The van der Waals surface area contributed by atoms with Gasteiger partial charge in [0.2, 0.25) is 0 Å². The van der Waals surface area contributed by atoms with Crippen molar-refractivity contribution < 1.29 is 14.4 Å². The minimum Gasteiger partial charge on any atom is -0.464 e. The molecule has 0 aliphatic heterocycles. The summed E-state index contributed by atoms with van der Waals surface area (Å²) in [4.78, 5) is 16.4. The summed E-state index contributed by atoms with van der Waals surface area (Å²) >= 11 is 0. The number of hydrogen-bond donors (Lipinski definition) is 0. The van der Waals surface area contributed by atoms with E-state index in [4.69, 9.17) is 9.57 Å². The van der Waals surface area contributed by atoms with Gasteiger partial charge in [-0.3, -0.25) is 0 Å². The molecule has 4 heteroatoms. The second-order valence-corrected chi connectivity index (χ2v) is 3.63. The number of carbonyl (C=O) groups is 1. The number of nitrogens with zero attached hydrogens (tertiary/aromatic N) is 1. The van der Waals surface area contributed by atoms with Gasteiger partial charge in [-0.05, 0) is 25.0 Å². The maximum Gasteiger partial charge on any atom is 0.360 e. The Morgan fingerprint density at radius 1 is 1.35 bits per heavy atom. The number of hydrogen-bond acceptors (Lipinski definition) is 4. The predicted octanol–water partition coefficient (Wildman–Crippen LogP) is 2.08. The lowest BCUT2D eigenvalue weighted by Crippen LogP contribution is -2.19. The average molecular weight is 235 g/mol. The van der Waals surface area contributed by atoms with Crippen LogP contribution in [0.4, 0.5) is 0 Å². The summed E-state index contributed by atoms with van der Waals surface area (Å²) in [6, 6.07) is 5.90. The lowest BCUT2D eigenvalue weighted by Gasteiger charge is -2.09. The van der Waals surface area contributed by atoms with Gasteiger partial charge >= 0.3 is 5.97 Å². The van der Waals surface area contributed by atoms with E-state index in [0.717, 1.165) is 23.1 Å². The van der Waals surface area contributed by atoms with E-state index in [2.05, 4.69) is 5.16 Å². The van der Waals surface area contributed by atoms with E-state index in [1.807, 2.05) is 32.0 Å². The van der Waals surface area contributed by atoms with E-state index in [1.165, 1.54) is 14.2 Å². The molecule has 17 heavy (non-hydrogen) atoms. The third kappa shape index (κ3) is 3.06. The van der Waals surface area contributed by atoms with Crippen LogP contribution >= 0.6 is 0 Å². The van der Waals surface area contributed by atoms with E-state index in [-0.39, 0.29) is 5.71 Å². The van der Waals surface area contributed by atoms with Crippen LogP contribution in [0.15, 0.2) is 23.4 Å². The summed E-state index contributed by atoms with van der Waals surface area (Å²) in [6.07, 6.45) is 0.815. The van der Waals surface area contributed by atoms with E-state index >= 15 is 0 Å². The molecular weight excluding hydrogens is 218 g/mol. The van der Waals surface area contributed by atoms with Gasteiger partial charge in [0.15, 0.2) is 5.71 Å². The second-order valence-electron chi connectivity index (χ2n) is 3.63. The lowest BCUT2D eigenvalue weighted by atomic mass is 9.98. The zero-order valence-corrected chi connectivity index (χ0v) is 10.6. The largest absolute Gasteiger partial charge is 0.464 e. The highest BCUT2D eigenvalue weighted by atomic mass is 16.6. The van der Waals surface area contributed by atoms with Crippen molar-refractivity contribution in [2.75, 3.05) is 14.2 Å². The minimum absolute atomic E-state index is 0.204. The number of esters is 1. The average Bonchev–Trinajstić information content (AvgIpc) is 2.35. The Kier molecular flexibility index (Phi) is 4.69. The Bertz CT molecular complexity index is 438.